The number of fused-ring (bicyclic) bond motifs is 1. The van der Waals surface area contributed by atoms with Gasteiger partial charge in [0.05, 0.1) is 15.5 Å². The summed E-state index contributed by atoms with van der Waals surface area (Å²) in [5.74, 6) is 0.746. The number of imidazole rings is 1. The lowest BCUT2D eigenvalue weighted by Gasteiger charge is -2.25. The molecule has 3 rings (SSSR count). The molecule has 0 saturated carbocycles. The van der Waals surface area contributed by atoms with Gasteiger partial charge in [-0.3, -0.25) is 4.79 Å². The van der Waals surface area contributed by atoms with Gasteiger partial charge in [-0.2, -0.15) is 0 Å². The van der Waals surface area contributed by atoms with Crippen LogP contribution in [-0.2, 0) is 11.2 Å². The highest BCUT2D eigenvalue weighted by Gasteiger charge is 2.28. The lowest BCUT2D eigenvalue weighted by atomic mass is 10.1. The predicted molar refractivity (Wildman–Crippen MR) is 83.1 cm³/mol. The molecule has 1 N–H and O–H groups in total. The van der Waals surface area contributed by atoms with Gasteiger partial charge in [0.15, 0.2) is 0 Å². The first-order valence-electron chi connectivity index (χ1n) is 6.81. The van der Waals surface area contributed by atoms with Crippen molar-refractivity contribution in [3.8, 4) is 0 Å². The summed E-state index contributed by atoms with van der Waals surface area (Å²) in [6.45, 7) is 0.700. The minimum Gasteiger partial charge on any atom is -0.354 e. The first-order valence-corrected chi connectivity index (χ1v) is 8.14. The lowest BCUT2D eigenvalue weighted by molar-refractivity contribution is -0.125. The van der Waals surface area contributed by atoms with Crippen molar-refractivity contribution < 1.29 is 9.18 Å². The molecule has 1 aliphatic heterocycles. The molecule has 4 nitrogen and oxygen atoms in total. The Kier molecular flexibility index (Phi) is 4.17. The van der Waals surface area contributed by atoms with E-state index < -0.39 is 0 Å². The molecule has 21 heavy (non-hydrogen) atoms. The average Bonchev–Trinajstić information content (AvgIpc) is 2.78. The molecule has 1 unspecified atom stereocenters. The summed E-state index contributed by atoms with van der Waals surface area (Å²) in [6.07, 6.45) is 2.21. The van der Waals surface area contributed by atoms with Crippen molar-refractivity contribution in [1.82, 2.24) is 14.9 Å². The lowest BCUT2D eigenvalue weighted by Crippen LogP contribution is -2.38. The van der Waals surface area contributed by atoms with E-state index in [4.69, 9.17) is 11.6 Å². The van der Waals surface area contributed by atoms with Gasteiger partial charge in [0, 0.05) is 24.9 Å². The molecule has 2 heterocycles. The Morgan fingerprint density at radius 3 is 3.05 bits per heavy atom. The normalized spacial score (nSPS) is 19.0. The molecule has 1 aromatic carbocycles. The van der Waals surface area contributed by atoms with Crippen LogP contribution < -0.4 is 5.32 Å². The standard InChI is InChI=1S/C14H14BrClFN3O/c15-8-6-12-10(7-9(8)17)19-13(3-4-16)20(12)11-2-1-5-18-14(11)21/h6-7,11H,1-5H2,(H,18,21). The second-order valence-electron chi connectivity index (χ2n) is 5.04. The average molecular weight is 375 g/mol. The van der Waals surface area contributed by atoms with Crippen LogP contribution in [0.2, 0.25) is 0 Å². The number of nitrogens with zero attached hydrogens (tertiary/aromatic N) is 2. The number of amides is 1. The van der Waals surface area contributed by atoms with E-state index >= 15 is 0 Å². The third kappa shape index (κ3) is 2.66. The number of alkyl halides is 1. The summed E-state index contributed by atoms with van der Waals surface area (Å²) in [6, 6.07) is 2.75. The summed E-state index contributed by atoms with van der Waals surface area (Å²) in [5, 5.41) is 2.87. The van der Waals surface area contributed by atoms with Crippen LogP contribution in [0.5, 0.6) is 0 Å². The van der Waals surface area contributed by atoms with Crippen LogP contribution in [0.3, 0.4) is 0 Å². The topological polar surface area (TPSA) is 46.9 Å². The van der Waals surface area contributed by atoms with Crippen molar-refractivity contribution >= 4 is 44.5 Å². The van der Waals surface area contributed by atoms with Crippen LogP contribution in [0.4, 0.5) is 4.39 Å². The van der Waals surface area contributed by atoms with Gasteiger partial charge in [0.25, 0.3) is 0 Å². The Balaban J connectivity index is 2.19. The number of hydrogen-bond acceptors (Lipinski definition) is 2. The van der Waals surface area contributed by atoms with Gasteiger partial charge >= 0.3 is 0 Å². The second kappa shape index (κ2) is 5.93. The first kappa shape index (κ1) is 14.8. The van der Waals surface area contributed by atoms with Crippen LogP contribution in [0.1, 0.15) is 24.7 Å². The molecule has 2 aromatic rings. The number of aryl methyl sites for hydroxylation is 1. The van der Waals surface area contributed by atoms with E-state index in [-0.39, 0.29) is 17.8 Å². The van der Waals surface area contributed by atoms with E-state index in [2.05, 4.69) is 26.2 Å². The van der Waals surface area contributed by atoms with Crippen LogP contribution in [-0.4, -0.2) is 27.9 Å². The zero-order valence-corrected chi connectivity index (χ0v) is 13.5. The molecule has 1 aliphatic rings. The van der Waals surface area contributed by atoms with E-state index in [9.17, 15) is 9.18 Å². The Hall–Kier alpha value is -1.14. The SMILES string of the molecule is O=C1NCCCC1n1c(CCCl)nc2cc(F)c(Br)cc21. The zero-order valence-electron chi connectivity index (χ0n) is 11.2. The maximum absolute atomic E-state index is 13.7. The minimum absolute atomic E-state index is 0.0168. The third-order valence-electron chi connectivity index (χ3n) is 3.69. The van der Waals surface area contributed by atoms with Gasteiger partial charge in [0.2, 0.25) is 5.91 Å². The Labute approximate surface area is 134 Å². The summed E-state index contributed by atoms with van der Waals surface area (Å²) in [5.41, 5.74) is 1.31. The van der Waals surface area contributed by atoms with Gasteiger partial charge in [-0.25, -0.2) is 9.37 Å². The molecular formula is C14H14BrClFN3O. The molecule has 1 amide bonds. The van der Waals surface area contributed by atoms with E-state index in [1.165, 1.54) is 6.07 Å². The fraction of sp³-hybridized carbons (Fsp3) is 0.429. The number of rotatable bonds is 3. The quantitative estimate of drug-likeness (QED) is 0.839. The number of aromatic nitrogens is 2. The Bertz CT molecular complexity index is 703. The van der Waals surface area contributed by atoms with Crippen molar-refractivity contribution in [3.63, 3.8) is 0 Å². The maximum Gasteiger partial charge on any atom is 0.243 e. The third-order valence-corrected chi connectivity index (χ3v) is 4.49. The number of carbonyl (C=O) groups is 1. The summed E-state index contributed by atoms with van der Waals surface area (Å²) in [7, 11) is 0. The van der Waals surface area contributed by atoms with E-state index in [1.54, 1.807) is 6.07 Å². The highest BCUT2D eigenvalue weighted by Crippen LogP contribution is 2.30. The van der Waals surface area contributed by atoms with E-state index in [0.29, 0.717) is 28.8 Å². The van der Waals surface area contributed by atoms with Gasteiger partial charge in [-0.1, -0.05) is 0 Å². The first-order chi connectivity index (χ1) is 10.1. The predicted octanol–water partition coefficient (Wildman–Crippen LogP) is 3.17. The molecule has 1 atom stereocenters. The molecule has 1 saturated heterocycles. The largest absolute Gasteiger partial charge is 0.354 e. The van der Waals surface area contributed by atoms with Crippen molar-refractivity contribution in [2.24, 2.45) is 0 Å². The van der Waals surface area contributed by atoms with Gasteiger partial charge in [-0.05, 0) is 34.8 Å². The molecular weight excluding hydrogens is 361 g/mol. The highest BCUT2D eigenvalue weighted by atomic mass is 79.9. The molecule has 1 aromatic heterocycles. The van der Waals surface area contributed by atoms with Crippen molar-refractivity contribution in [2.75, 3.05) is 12.4 Å². The fourth-order valence-electron chi connectivity index (χ4n) is 2.75. The monoisotopic (exact) mass is 373 g/mol. The van der Waals surface area contributed by atoms with Crippen molar-refractivity contribution in [3.05, 3.63) is 28.2 Å². The summed E-state index contributed by atoms with van der Waals surface area (Å²) >= 11 is 9.03. The smallest absolute Gasteiger partial charge is 0.243 e. The summed E-state index contributed by atoms with van der Waals surface area (Å²) in [4.78, 5) is 16.6. The summed E-state index contributed by atoms with van der Waals surface area (Å²) < 4.78 is 16.0. The van der Waals surface area contributed by atoms with Gasteiger partial charge in [-0.15, -0.1) is 11.6 Å². The number of benzene rings is 1. The molecule has 0 radical (unpaired) electrons. The number of hydrogen-bond donors (Lipinski definition) is 1. The maximum atomic E-state index is 13.7. The Morgan fingerprint density at radius 1 is 1.52 bits per heavy atom. The second-order valence-corrected chi connectivity index (χ2v) is 6.27. The van der Waals surface area contributed by atoms with Crippen LogP contribution in [0, 0.1) is 5.82 Å². The van der Waals surface area contributed by atoms with E-state index in [1.807, 2.05) is 4.57 Å². The minimum atomic E-state index is -0.363. The van der Waals surface area contributed by atoms with Crippen LogP contribution >= 0.6 is 27.5 Å². The number of piperidine rings is 1. The molecule has 0 spiro atoms. The number of carbonyl (C=O) groups excluding carboxylic acids is 1. The van der Waals surface area contributed by atoms with E-state index in [0.717, 1.165) is 24.2 Å². The molecule has 112 valence electrons. The fourth-order valence-corrected chi connectivity index (χ4v) is 3.25. The molecule has 0 bridgehead atoms. The highest BCUT2D eigenvalue weighted by molar-refractivity contribution is 9.10. The molecule has 1 fully saturated rings. The van der Waals surface area contributed by atoms with Crippen LogP contribution in [0.25, 0.3) is 11.0 Å². The number of halogens is 3. The van der Waals surface area contributed by atoms with Gasteiger partial charge in [0.1, 0.15) is 17.7 Å². The number of nitrogens with one attached hydrogen (secondary N) is 1. The van der Waals surface area contributed by atoms with Crippen molar-refractivity contribution in [1.29, 1.82) is 0 Å². The molecule has 0 aliphatic carbocycles. The van der Waals surface area contributed by atoms with Gasteiger partial charge < -0.3 is 9.88 Å². The van der Waals surface area contributed by atoms with Crippen molar-refractivity contribution in [2.45, 2.75) is 25.3 Å². The molecule has 7 heteroatoms. The Morgan fingerprint density at radius 2 is 2.33 bits per heavy atom. The van der Waals surface area contributed by atoms with Crippen LogP contribution in [0.15, 0.2) is 16.6 Å². The zero-order chi connectivity index (χ0) is 15.0.